The normalized spacial score (nSPS) is 11.1. The van der Waals surface area contributed by atoms with Crippen LogP contribution in [0.5, 0.6) is 0 Å². The van der Waals surface area contributed by atoms with Crippen LogP contribution in [0.25, 0.3) is 10.9 Å². The smallest absolute Gasteiger partial charge is 0.147 e. The molecule has 0 saturated carbocycles. The van der Waals surface area contributed by atoms with Gasteiger partial charge in [-0.2, -0.15) is 0 Å². The summed E-state index contributed by atoms with van der Waals surface area (Å²) in [5.74, 6) is 0. The molecule has 2 nitrogen and oxygen atoms in total. The van der Waals surface area contributed by atoms with Crippen LogP contribution in [0.1, 0.15) is 0 Å². The third kappa shape index (κ3) is 1.82. The van der Waals surface area contributed by atoms with E-state index < -0.39 is 0 Å². The molecule has 0 bridgehead atoms. The Bertz CT molecular complexity index is 597. The first kappa shape index (κ1) is 12.7. The quantitative estimate of drug-likeness (QED) is 0.465. The maximum absolute atomic E-state index is 5.99. The first-order chi connectivity index (χ1) is 7.45. The Morgan fingerprint density at radius 3 is 1.75 bits per heavy atom. The molecule has 0 N–H and O–H groups in total. The lowest BCUT2D eigenvalue weighted by molar-refractivity contribution is 1.08. The number of hydrogen-bond acceptors (Lipinski definition) is 2. The highest BCUT2D eigenvalue weighted by atomic mass is 35.5. The lowest BCUT2D eigenvalue weighted by Crippen LogP contribution is -1.90. The van der Waals surface area contributed by atoms with Crippen molar-refractivity contribution in [3.63, 3.8) is 0 Å². The van der Waals surface area contributed by atoms with E-state index >= 15 is 0 Å². The molecule has 2 aromatic rings. The molecule has 1 aromatic heterocycles. The molecule has 84 valence electrons. The van der Waals surface area contributed by atoms with Crippen molar-refractivity contribution < 1.29 is 0 Å². The highest BCUT2D eigenvalue weighted by Crippen LogP contribution is 2.45. The molecule has 2 rings (SSSR count). The molecule has 0 fully saturated rings. The van der Waals surface area contributed by atoms with Crippen LogP contribution >= 0.6 is 69.6 Å². The summed E-state index contributed by atoms with van der Waals surface area (Å²) < 4.78 is 0. The predicted molar refractivity (Wildman–Crippen MR) is 69.6 cm³/mol. The van der Waals surface area contributed by atoms with E-state index in [4.69, 9.17) is 69.6 Å². The van der Waals surface area contributed by atoms with Crippen molar-refractivity contribution in [1.29, 1.82) is 0 Å². The molecular weight excluding hydrogens is 337 g/mol. The zero-order valence-corrected chi connectivity index (χ0v) is 11.7. The zero-order chi connectivity index (χ0) is 12.0. The van der Waals surface area contributed by atoms with Crippen LogP contribution in [0.2, 0.25) is 30.3 Å². The summed E-state index contributed by atoms with van der Waals surface area (Å²) in [4.78, 5) is 0. The van der Waals surface area contributed by atoms with Gasteiger partial charge in [-0.1, -0.05) is 69.6 Å². The van der Waals surface area contributed by atoms with Crippen molar-refractivity contribution >= 4 is 80.5 Å². The number of halogens is 6. The van der Waals surface area contributed by atoms with E-state index in [1.165, 1.54) is 0 Å². The largest absolute Gasteiger partial charge is 0.170 e. The van der Waals surface area contributed by atoms with Crippen LogP contribution in [-0.4, -0.2) is 10.2 Å². The highest BCUT2D eigenvalue weighted by molar-refractivity contribution is 6.57. The highest BCUT2D eigenvalue weighted by Gasteiger charge is 2.20. The van der Waals surface area contributed by atoms with Crippen LogP contribution in [0.4, 0.5) is 0 Å². The van der Waals surface area contributed by atoms with E-state index in [1.807, 2.05) is 0 Å². The Morgan fingerprint density at radius 2 is 1.12 bits per heavy atom. The molecule has 0 aliphatic carbocycles. The number of rotatable bonds is 0. The number of aromatic nitrogens is 2. The predicted octanol–water partition coefficient (Wildman–Crippen LogP) is 5.55. The standard InChI is InChI=1S/C8Cl6N2/c9-2-1-3(10)8(14)16-15-7(1)6(13)5(12)4(2)11. The summed E-state index contributed by atoms with van der Waals surface area (Å²) in [5, 5.41) is 8.38. The first-order valence-corrected chi connectivity index (χ1v) is 6.05. The number of fused-ring (bicyclic) bond motifs is 1. The number of nitrogens with zero attached hydrogens (tertiary/aromatic N) is 2. The molecule has 1 aromatic carbocycles. The molecule has 1 heterocycles. The van der Waals surface area contributed by atoms with Crippen LogP contribution in [-0.2, 0) is 0 Å². The van der Waals surface area contributed by atoms with Gasteiger partial charge in [0.1, 0.15) is 5.52 Å². The van der Waals surface area contributed by atoms with Gasteiger partial charge in [0.05, 0.1) is 25.1 Å². The fourth-order valence-corrected chi connectivity index (χ4v) is 2.53. The van der Waals surface area contributed by atoms with E-state index in [2.05, 4.69) is 10.2 Å². The summed E-state index contributed by atoms with van der Waals surface area (Å²) in [6, 6.07) is 0. The Hall–Kier alpha value is 0.300. The second-order valence-corrected chi connectivity index (χ2v) is 5.03. The molecule has 16 heavy (non-hydrogen) atoms. The molecule has 0 aliphatic rings. The van der Waals surface area contributed by atoms with E-state index in [0.717, 1.165) is 0 Å². The SMILES string of the molecule is Clc1nnc2c(Cl)c(Cl)c(Cl)c(Cl)c2c1Cl. The van der Waals surface area contributed by atoms with E-state index in [0.29, 0.717) is 5.39 Å². The van der Waals surface area contributed by atoms with E-state index in [9.17, 15) is 0 Å². The first-order valence-electron chi connectivity index (χ1n) is 3.78. The third-order valence-electron chi connectivity index (χ3n) is 1.88. The van der Waals surface area contributed by atoms with Crippen molar-refractivity contribution in [2.75, 3.05) is 0 Å². The average Bonchev–Trinajstić information content (AvgIpc) is 2.27. The van der Waals surface area contributed by atoms with Crippen LogP contribution in [0, 0.1) is 0 Å². The van der Waals surface area contributed by atoms with Crippen molar-refractivity contribution in [2.24, 2.45) is 0 Å². The molecule has 0 amide bonds. The topological polar surface area (TPSA) is 25.8 Å². The minimum absolute atomic E-state index is 0.0190. The number of hydrogen-bond donors (Lipinski definition) is 0. The van der Waals surface area contributed by atoms with Gasteiger partial charge in [-0.25, -0.2) is 0 Å². The van der Waals surface area contributed by atoms with Gasteiger partial charge < -0.3 is 0 Å². The fraction of sp³-hybridized carbons (Fsp3) is 0. The lowest BCUT2D eigenvalue weighted by Gasteiger charge is -2.08. The van der Waals surface area contributed by atoms with E-state index in [-0.39, 0.29) is 35.8 Å². The maximum Gasteiger partial charge on any atom is 0.170 e. The van der Waals surface area contributed by atoms with Gasteiger partial charge in [0.15, 0.2) is 5.15 Å². The summed E-state index contributed by atoms with van der Waals surface area (Å²) in [6.45, 7) is 0. The van der Waals surface area contributed by atoms with Crippen molar-refractivity contribution in [2.45, 2.75) is 0 Å². The van der Waals surface area contributed by atoms with Crippen LogP contribution < -0.4 is 0 Å². The van der Waals surface area contributed by atoms with Gasteiger partial charge in [0, 0.05) is 5.39 Å². The Morgan fingerprint density at radius 1 is 0.562 bits per heavy atom. The van der Waals surface area contributed by atoms with Crippen molar-refractivity contribution in [3.8, 4) is 0 Å². The minimum Gasteiger partial charge on any atom is -0.147 e. The molecule has 8 heteroatoms. The Labute approximate surface area is 120 Å². The third-order valence-corrected chi connectivity index (χ3v) is 4.40. The molecule has 0 aliphatic heterocycles. The molecular formula is C8Cl6N2. The van der Waals surface area contributed by atoms with Crippen molar-refractivity contribution in [3.05, 3.63) is 30.3 Å². The maximum atomic E-state index is 5.99. The van der Waals surface area contributed by atoms with Gasteiger partial charge >= 0.3 is 0 Å². The van der Waals surface area contributed by atoms with E-state index in [1.54, 1.807) is 0 Å². The molecule has 0 radical (unpaired) electrons. The van der Waals surface area contributed by atoms with Crippen LogP contribution in [0.3, 0.4) is 0 Å². The monoisotopic (exact) mass is 334 g/mol. The van der Waals surface area contributed by atoms with Crippen molar-refractivity contribution in [1.82, 2.24) is 10.2 Å². The second kappa shape index (κ2) is 4.52. The summed E-state index contributed by atoms with van der Waals surface area (Å²) in [6.07, 6.45) is 0. The van der Waals surface area contributed by atoms with Gasteiger partial charge in [0.25, 0.3) is 0 Å². The minimum atomic E-state index is 0.0190. The zero-order valence-electron chi connectivity index (χ0n) is 7.16. The lowest BCUT2D eigenvalue weighted by atomic mass is 10.2. The Balaban J connectivity index is 3.09. The van der Waals surface area contributed by atoms with Gasteiger partial charge in [-0.3, -0.25) is 0 Å². The number of benzene rings is 1. The summed E-state index contributed by atoms with van der Waals surface area (Å²) in [7, 11) is 0. The van der Waals surface area contributed by atoms with Gasteiger partial charge in [0.2, 0.25) is 0 Å². The molecule has 0 saturated heterocycles. The van der Waals surface area contributed by atoms with Gasteiger partial charge in [-0.05, 0) is 0 Å². The fourth-order valence-electron chi connectivity index (χ4n) is 1.16. The van der Waals surface area contributed by atoms with Crippen LogP contribution in [0.15, 0.2) is 0 Å². The molecule has 0 unspecified atom stereocenters. The average molecular weight is 337 g/mol. The summed E-state index contributed by atoms with van der Waals surface area (Å²) >= 11 is 35.4. The second-order valence-electron chi connectivity index (χ2n) is 2.78. The van der Waals surface area contributed by atoms with Gasteiger partial charge in [-0.15, -0.1) is 10.2 Å². The Kier molecular flexibility index (Phi) is 3.60. The molecule has 0 atom stereocenters. The summed E-state index contributed by atoms with van der Waals surface area (Å²) in [5.41, 5.74) is 0.260. The molecule has 0 spiro atoms.